The number of rotatable bonds is 5. The zero-order chi connectivity index (χ0) is 17.5. The third kappa shape index (κ3) is 5.72. The number of hydrogen-bond donors (Lipinski definition) is 1. The first kappa shape index (κ1) is 20.2. The molecule has 0 aliphatic carbocycles. The van der Waals surface area contributed by atoms with E-state index in [2.05, 4.69) is 19.8 Å². The lowest BCUT2D eigenvalue weighted by molar-refractivity contribution is 0.325. The molecule has 0 radical (unpaired) electrons. The number of halogens is 2. The number of hydrogen-bond acceptors (Lipinski definition) is 4. The number of ether oxygens (including phenoxy) is 1. The Labute approximate surface area is 169 Å². The SMILES string of the molecule is I.NC(=NCCOc1cccnc1)N1CCN(c2ccc(F)cc2)CC1. The van der Waals surface area contributed by atoms with E-state index in [1.54, 1.807) is 24.5 Å². The van der Waals surface area contributed by atoms with Crippen LogP contribution in [0.2, 0.25) is 0 Å². The number of nitrogens with zero attached hydrogens (tertiary/aromatic N) is 4. The van der Waals surface area contributed by atoms with Crippen molar-refractivity contribution in [3.8, 4) is 5.75 Å². The monoisotopic (exact) mass is 471 g/mol. The fourth-order valence-corrected chi connectivity index (χ4v) is 2.70. The smallest absolute Gasteiger partial charge is 0.191 e. The van der Waals surface area contributed by atoms with Gasteiger partial charge >= 0.3 is 0 Å². The summed E-state index contributed by atoms with van der Waals surface area (Å²) in [4.78, 5) is 12.6. The number of guanidine groups is 1. The van der Waals surface area contributed by atoms with Crippen LogP contribution in [0.3, 0.4) is 0 Å². The third-order valence-electron chi connectivity index (χ3n) is 4.06. The summed E-state index contributed by atoms with van der Waals surface area (Å²) < 4.78 is 18.6. The van der Waals surface area contributed by atoms with E-state index in [0.717, 1.165) is 37.6 Å². The Balaban J connectivity index is 0.00000243. The third-order valence-corrected chi connectivity index (χ3v) is 4.06. The molecule has 1 saturated heterocycles. The summed E-state index contributed by atoms with van der Waals surface area (Å²) in [5.74, 6) is 1.05. The Kier molecular flexibility index (Phi) is 7.89. The number of nitrogens with two attached hydrogens (primary N) is 1. The predicted molar refractivity (Wildman–Crippen MR) is 112 cm³/mol. The molecule has 6 nitrogen and oxygen atoms in total. The van der Waals surface area contributed by atoms with Crippen LogP contribution in [0.15, 0.2) is 53.8 Å². The van der Waals surface area contributed by atoms with Gasteiger partial charge in [0, 0.05) is 38.1 Å². The number of benzene rings is 1. The quantitative estimate of drug-likeness (QED) is 0.314. The molecule has 2 heterocycles. The molecule has 8 heteroatoms. The fraction of sp³-hybridized carbons (Fsp3) is 0.333. The molecule has 0 unspecified atom stereocenters. The van der Waals surface area contributed by atoms with Gasteiger partial charge in [-0.25, -0.2) is 9.38 Å². The second-order valence-electron chi connectivity index (χ2n) is 5.73. The van der Waals surface area contributed by atoms with Gasteiger partial charge in [0.2, 0.25) is 0 Å². The molecule has 26 heavy (non-hydrogen) atoms. The molecule has 2 N–H and O–H groups in total. The number of aliphatic imine (C=N–C) groups is 1. The van der Waals surface area contributed by atoms with Crippen molar-refractivity contribution in [2.75, 3.05) is 44.2 Å². The van der Waals surface area contributed by atoms with Gasteiger partial charge in [0.05, 0.1) is 12.7 Å². The van der Waals surface area contributed by atoms with Crippen LogP contribution in [-0.4, -0.2) is 55.2 Å². The summed E-state index contributed by atoms with van der Waals surface area (Å²) in [6.07, 6.45) is 3.37. The van der Waals surface area contributed by atoms with Crippen LogP contribution in [0.5, 0.6) is 5.75 Å². The number of piperazine rings is 1. The molecule has 0 atom stereocenters. The van der Waals surface area contributed by atoms with Crippen molar-refractivity contribution in [1.29, 1.82) is 0 Å². The Bertz CT molecular complexity index is 690. The van der Waals surface area contributed by atoms with Gasteiger partial charge in [-0.1, -0.05) is 0 Å². The maximum Gasteiger partial charge on any atom is 0.191 e. The zero-order valence-electron chi connectivity index (χ0n) is 14.4. The first-order valence-electron chi connectivity index (χ1n) is 8.30. The van der Waals surface area contributed by atoms with Crippen molar-refractivity contribution < 1.29 is 9.13 Å². The average molecular weight is 471 g/mol. The number of aromatic nitrogens is 1. The number of anilines is 1. The van der Waals surface area contributed by atoms with Crippen LogP contribution in [0.25, 0.3) is 0 Å². The molecule has 140 valence electrons. The van der Waals surface area contributed by atoms with Crippen molar-refractivity contribution in [1.82, 2.24) is 9.88 Å². The van der Waals surface area contributed by atoms with Gasteiger partial charge in [-0.15, -0.1) is 24.0 Å². The molecule has 1 aliphatic heterocycles. The molecule has 1 aromatic heterocycles. The van der Waals surface area contributed by atoms with E-state index in [0.29, 0.717) is 19.1 Å². The van der Waals surface area contributed by atoms with Crippen LogP contribution in [0, 0.1) is 5.82 Å². The topological polar surface area (TPSA) is 67.0 Å². The molecule has 1 fully saturated rings. The normalized spacial score (nSPS) is 14.7. The van der Waals surface area contributed by atoms with Crippen LogP contribution in [0.4, 0.5) is 10.1 Å². The Hall–Kier alpha value is -2.10. The van der Waals surface area contributed by atoms with E-state index in [9.17, 15) is 4.39 Å². The van der Waals surface area contributed by atoms with Gasteiger partial charge in [0.1, 0.15) is 18.2 Å². The highest BCUT2D eigenvalue weighted by Crippen LogP contribution is 2.16. The fourth-order valence-electron chi connectivity index (χ4n) is 2.70. The minimum absolute atomic E-state index is 0. The Morgan fingerprint density at radius 1 is 1.15 bits per heavy atom. The lowest BCUT2D eigenvalue weighted by atomic mass is 10.2. The summed E-state index contributed by atoms with van der Waals surface area (Å²) in [7, 11) is 0. The first-order chi connectivity index (χ1) is 12.2. The predicted octanol–water partition coefficient (Wildman–Crippen LogP) is 2.35. The summed E-state index contributed by atoms with van der Waals surface area (Å²) in [6.45, 7) is 4.19. The van der Waals surface area contributed by atoms with Crippen LogP contribution in [-0.2, 0) is 0 Å². The molecule has 0 amide bonds. The standard InChI is InChI=1S/C18H22FN5O.HI/c19-15-3-5-16(6-4-15)23-9-11-24(12-10-23)18(20)22-8-13-25-17-2-1-7-21-14-17;/h1-7,14H,8-13H2,(H2,20,22);1H. The molecule has 1 aliphatic rings. The lowest BCUT2D eigenvalue weighted by Crippen LogP contribution is -2.51. The molecule has 0 spiro atoms. The van der Waals surface area contributed by atoms with Gasteiger partial charge in [-0.3, -0.25) is 4.98 Å². The molecular formula is C18H23FIN5O. The van der Waals surface area contributed by atoms with Crippen molar-refractivity contribution in [3.05, 3.63) is 54.6 Å². The van der Waals surface area contributed by atoms with Gasteiger partial charge in [0.25, 0.3) is 0 Å². The maximum absolute atomic E-state index is 13.0. The number of pyridine rings is 1. The van der Waals surface area contributed by atoms with Crippen LogP contribution >= 0.6 is 24.0 Å². The van der Waals surface area contributed by atoms with E-state index in [-0.39, 0.29) is 29.8 Å². The minimum Gasteiger partial charge on any atom is -0.490 e. The second-order valence-corrected chi connectivity index (χ2v) is 5.73. The molecule has 0 bridgehead atoms. The maximum atomic E-state index is 13.0. The van der Waals surface area contributed by atoms with Gasteiger partial charge in [0.15, 0.2) is 5.96 Å². The largest absolute Gasteiger partial charge is 0.490 e. The molecule has 0 saturated carbocycles. The van der Waals surface area contributed by atoms with Crippen LogP contribution < -0.4 is 15.4 Å². The van der Waals surface area contributed by atoms with Gasteiger partial charge in [-0.2, -0.15) is 0 Å². The Morgan fingerprint density at radius 2 is 1.88 bits per heavy atom. The highest BCUT2D eigenvalue weighted by molar-refractivity contribution is 14.0. The molecule has 2 aromatic rings. The average Bonchev–Trinajstić information content (AvgIpc) is 2.67. The molecule has 1 aromatic carbocycles. The van der Waals surface area contributed by atoms with E-state index in [4.69, 9.17) is 10.5 Å². The van der Waals surface area contributed by atoms with E-state index in [1.165, 1.54) is 12.1 Å². The highest BCUT2D eigenvalue weighted by Gasteiger charge is 2.18. The lowest BCUT2D eigenvalue weighted by Gasteiger charge is -2.36. The zero-order valence-corrected chi connectivity index (χ0v) is 16.8. The molecular weight excluding hydrogens is 448 g/mol. The van der Waals surface area contributed by atoms with Crippen molar-refractivity contribution in [2.45, 2.75) is 0 Å². The van der Waals surface area contributed by atoms with E-state index < -0.39 is 0 Å². The van der Waals surface area contributed by atoms with Gasteiger partial charge in [-0.05, 0) is 36.4 Å². The summed E-state index contributed by atoms with van der Waals surface area (Å²) in [5, 5.41) is 0. The van der Waals surface area contributed by atoms with Crippen molar-refractivity contribution in [3.63, 3.8) is 0 Å². The van der Waals surface area contributed by atoms with E-state index >= 15 is 0 Å². The van der Waals surface area contributed by atoms with Crippen molar-refractivity contribution >= 4 is 35.6 Å². The summed E-state index contributed by atoms with van der Waals surface area (Å²) >= 11 is 0. The second kappa shape index (κ2) is 10.1. The summed E-state index contributed by atoms with van der Waals surface area (Å²) in [5.41, 5.74) is 7.10. The van der Waals surface area contributed by atoms with Crippen molar-refractivity contribution in [2.24, 2.45) is 10.7 Å². The van der Waals surface area contributed by atoms with E-state index in [1.807, 2.05) is 12.1 Å². The Morgan fingerprint density at radius 3 is 2.54 bits per heavy atom. The minimum atomic E-state index is -0.215. The first-order valence-corrected chi connectivity index (χ1v) is 8.30. The molecule has 3 rings (SSSR count). The highest BCUT2D eigenvalue weighted by atomic mass is 127. The summed E-state index contributed by atoms with van der Waals surface area (Å²) in [6, 6.07) is 10.3. The van der Waals surface area contributed by atoms with Gasteiger partial charge < -0.3 is 20.3 Å². The van der Waals surface area contributed by atoms with Crippen LogP contribution in [0.1, 0.15) is 0 Å².